The monoisotopic (exact) mass is 326 g/mol. The van der Waals surface area contributed by atoms with Gasteiger partial charge in [-0.3, -0.25) is 4.79 Å². The van der Waals surface area contributed by atoms with Crippen LogP contribution in [0.15, 0.2) is 22.7 Å². The number of piperazine rings is 1. The van der Waals surface area contributed by atoms with E-state index in [0.717, 1.165) is 17.6 Å². The van der Waals surface area contributed by atoms with Gasteiger partial charge >= 0.3 is 0 Å². The second-order valence-corrected chi connectivity index (χ2v) is 5.94. The summed E-state index contributed by atoms with van der Waals surface area (Å²) in [7, 11) is 1.58. The van der Waals surface area contributed by atoms with Crippen LogP contribution in [0.4, 0.5) is 0 Å². The summed E-state index contributed by atoms with van der Waals surface area (Å²) in [6, 6.07) is 6.12. The number of methoxy groups -OCH3 is 1. The lowest BCUT2D eigenvalue weighted by molar-refractivity contribution is 0.0670. The Hall–Kier alpha value is -1.07. The van der Waals surface area contributed by atoms with Gasteiger partial charge in [0.2, 0.25) is 0 Å². The second kappa shape index (κ2) is 5.92. The molecule has 1 heterocycles. The average molecular weight is 327 g/mol. The first-order valence-corrected chi connectivity index (χ1v) is 7.19. The highest BCUT2D eigenvalue weighted by Gasteiger charge is 2.27. The molecule has 2 rings (SSSR count). The average Bonchev–Trinajstić information content (AvgIpc) is 2.36. The molecule has 0 bridgehead atoms. The van der Waals surface area contributed by atoms with Crippen molar-refractivity contribution in [2.45, 2.75) is 25.9 Å². The summed E-state index contributed by atoms with van der Waals surface area (Å²) < 4.78 is 6.20. The van der Waals surface area contributed by atoms with E-state index in [1.807, 2.05) is 23.1 Å². The Kier molecular flexibility index (Phi) is 4.47. The molecule has 1 aliphatic rings. The van der Waals surface area contributed by atoms with E-state index >= 15 is 0 Å². The normalized spacial score (nSPS) is 23.3. The number of ether oxygens (including phenoxy) is 1. The molecule has 4 nitrogen and oxygen atoms in total. The number of benzene rings is 1. The zero-order valence-corrected chi connectivity index (χ0v) is 13.0. The Labute approximate surface area is 122 Å². The Morgan fingerprint density at radius 1 is 1.37 bits per heavy atom. The van der Waals surface area contributed by atoms with E-state index < -0.39 is 0 Å². The maximum atomic E-state index is 12.6. The Morgan fingerprint density at radius 3 is 2.58 bits per heavy atom. The van der Waals surface area contributed by atoms with Gasteiger partial charge in [-0.25, -0.2) is 0 Å². The second-order valence-electron chi connectivity index (χ2n) is 5.02. The van der Waals surface area contributed by atoms with E-state index in [2.05, 4.69) is 35.1 Å². The van der Waals surface area contributed by atoms with Crippen molar-refractivity contribution in [3.8, 4) is 5.75 Å². The third kappa shape index (κ3) is 3.28. The van der Waals surface area contributed by atoms with Crippen molar-refractivity contribution < 1.29 is 9.53 Å². The maximum Gasteiger partial charge on any atom is 0.257 e. The Morgan fingerprint density at radius 2 is 2.00 bits per heavy atom. The summed E-state index contributed by atoms with van der Waals surface area (Å²) in [6.45, 7) is 5.63. The van der Waals surface area contributed by atoms with Crippen molar-refractivity contribution >= 4 is 21.8 Å². The molecule has 1 fully saturated rings. The number of amides is 1. The number of hydrogen-bond acceptors (Lipinski definition) is 3. The number of carbonyl (C=O) groups excluding carboxylic acids is 1. The molecule has 1 amide bonds. The highest BCUT2D eigenvalue weighted by Crippen LogP contribution is 2.25. The predicted molar refractivity (Wildman–Crippen MR) is 78.7 cm³/mol. The number of nitrogens with zero attached hydrogens (tertiary/aromatic N) is 1. The Balaban J connectivity index is 2.24. The molecule has 2 atom stereocenters. The fourth-order valence-corrected chi connectivity index (χ4v) is 2.84. The highest BCUT2D eigenvalue weighted by molar-refractivity contribution is 9.10. The topological polar surface area (TPSA) is 41.6 Å². The van der Waals surface area contributed by atoms with Crippen molar-refractivity contribution in [1.29, 1.82) is 0 Å². The van der Waals surface area contributed by atoms with Crippen LogP contribution in [0.2, 0.25) is 0 Å². The standard InChI is InChI=1S/C14H19BrN2O2/c1-9-7-17(8-10(2)16-9)14(18)12-5-4-11(15)6-13(12)19-3/h4-6,9-10,16H,7-8H2,1-3H3. The molecule has 2 unspecified atom stereocenters. The van der Waals surface area contributed by atoms with Gasteiger partial charge in [-0.05, 0) is 32.0 Å². The quantitative estimate of drug-likeness (QED) is 0.906. The van der Waals surface area contributed by atoms with Crippen LogP contribution in [0.3, 0.4) is 0 Å². The minimum Gasteiger partial charge on any atom is -0.496 e. The Bertz CT molecular complexity index is 469. The van der Waals surface area contributed by atoms with Gasteiger partial charge in [0, 0.05) is 29.6 Å². The fourth-order valence-electron chi connectivity index (χ4n) is 2.50. The van der Waals surface area contributed by atoms with E-state index in [1.54, 1.807) is 7.11 Å². The molecule has 0 aromatic heterocycles. The SMILES string of the molecule is COc1cc(Br)ccc1C(=O)N1CC(C)NC(C)C1. The van der Waals surface area contributed by atoms with Crippen LogP contribution >= 0.6 is 15.9 Å². The summed E-state index contributed by atoms with van der Waals surface area (Å²) in [5.41, 5.74) is 0.618. The van der Waals surface area contributed by atoms with Gasteiger partial charge in [0.05, 0.1) is 12.7 Å². The van der Waals surface area contributed by atoms with Crippen LogP contribution in [0.25, 0.3) is 0 Å². The van der Waals surface area contributed by atoms with Crippen LogP contribution in [-0.4, -0.2) is 43.1 Å². The smallest absolute Gasteiger partial charge is 0.257 e. The van der Waals surface area contributed by atoms with Crippen molar-refractivity contribution in [2.75, 3.05) is 20.2 Å². The lowest BCUT2D eigenvalue weighted by atomic mass is 10.1. The molecule has 1 aromatic rings. The molecule has 0 spiro atoms. The first kappa shape index (κ1) is 14.3. The predicted octanol–water partition coefficient (Wildman–Crippen LogP) is 2.28. The van der Waals surface area contributed by atoms with E-state index in [9.17, 15) is 4.79 Å². The van der Waals surface area contributed by atoms with Crippen LogP contribution in [0.1, 0.15) is 24.2 Å². The first-order valence-electron chi connectivity index (χ1n) is 6.40. The van der Waals surface area contributed by atoms with Crippen LogP contribution < -0.4 is 10.1 Å². The van der Waals surface area contributed by atoms with Crippen LogP contribution in [0, 0.1) is 0 Å². The molecule has 0 radical (unpaired) electrons. The van der Waals surface area contributed by atoms with Gasteiger partial charge in [0.15, 0.2) is 0 Å². The maximum absolute atomic E-state index is 12.6. The third-order valence-electron chi connectivity index (χ3n) is 3.24. The van der Waals surface area contributed by atoms with Crippen LogP contribution in [-0.2, 0) is 0 Å². The van der Waals surface area contributed by atoms with Gasteiger partial charge in [-0.1, -0.05) is 15.9 Å². The van der Waals surface area contributed by atoms with Crippen molar-refractivity contribution in [3.63, 3.8) is 0 Å². The van der Waals surface area contributed by atoms with Crippen molar-refractivity contribution in [2.24, 2.45) is 0 Å². The van der Waals surface area contributed by atoms with Gasteiger partial charge in [-0.15, -0.1) is 0 Å². The molecule has 1 N–H and O–H groups in total. The summed E-state index contributed by atoms with van der Waals surface area (Å²) >= 11 is 3.39. The molecule has 19 heavy (non-hydrogen) atoms. The van der Waals surface area contributed by atoms with E-state index in [-0.39, 0.29) is 5.91 Å². The minimum atomic E-state index is 0.0320. The fraction of sp³-hybridized carbons (Fsp3) is 0.500. The molecule has 0 aliphatic carbocycles. The zero-order valence-electron chi connectivity index (χ0n) is 11.4. The number of hydrogen-bond donors (Lipinski definition) is 1. The van der Waals surface area contributed by atoms with Gasteiger partial charge in [-0.2, -0.15) is 0 Å². The molecule has 104 valence electrons. The zero-order chi connectivity index (χ0) is 14.0. The molecular formula is C14H19BrN2O2. The number of nitrogens with one attached hydrogen (secondary N) is 1. The van der Waals surface area contributed by atoms with Gasteiger partial charge in [0.1, 0.15) is 5.75 Å². The largest absolute Gasteiger partial charge is 0.496 e. The lowest BCUT2D eigenvalue weighted by Gasteiger charge is -2.36. The van der Waals surface area contributed by atoms with Gasteiger partial charge in [0.25, 0.3) is 5.91 Å². The molecule has 1 aliphatic heterocycles. The summed E-state index contributed by atoms with van der Waals surface area (Å²) in [6.07, 6.45) is 0. The minimum absolute atomic E-state index is 0.0320. The van der Waals surface area contributed by atoms with E-state index in [0.29, 0.717) is 23.4 Å². The number of rotatable bonds is 2. The first-order chi connectivity index (χ1) is 9.01. The van der Waals surface area contributed by atoms with Gasteiger partial charge < -0.3 is 15.0 Å². The molecule has 1 saturated heterocycles. The molecule has 1 aromatic carbocycles. The van der Waals surface area contributed by atoms with E-state index in [1.165, 1.54) is 0 Å². The summed E-state index contributed by atoms with van der Waals surface area (Å²) in [5, 5.41) is 3.42. The number of halogens is 1. The highest BCUT2D eigenvalue weighted by atomic mass is 79.9. The summed E-state index contributed by atoms with van der Waals surface area (Å²) in [4.78, 5) is 14.5. The molecule has 0 saturated carbocycles. The number of carbonyl (C=O) groups is 1. The van der Waals surface area contributed by atoms with Crippen LogP contribution in [0.5, 0.6) is 5.75 Å². The van der Waals surface area contributed by atoms with Crippen molar-refractivity contribution in [3.05, 3.63) is 28.2 Å². The summed E-state index contributed by atoms with van der Waals surface area (Å²) in [5.74, 6) is 0.641. The third-order valence-corrected chi connectivity index (χ3v) is 3.73. The lowest BCUT2D eigenvalue weighted by Crippen LogP contribution is -2.55. The van der Waals surface area contributed by atoms with Crippen molar-refractivity contribution in [1.82, 2.24) is 10.2 Å². The van der Waals surface area contributed by atoms with E-state index in [4.69, 9.17) is 4.74 Å². The molecular weight excluding hydrogens is 308 g/mol. The molecule has 5 heteroatoms.